The van der Waals surface area contributed by atoms with E-state index in [1.165, 1.54) is 12.8 Å². The molecule has 6 heteroatoms. The number of amides is 1. The third kappa shape index (κ3) is 3.17. The molecule has 4 rings (SSSR count). The van der Waals surface area contributed by atoms with Crippen molar-refractivity contribution in [2.24, 2.45) is 5.73 Å². The van der Waals surface area contributed by atoms with Gasteiger partial charge in [-0.1, -0.05) is 0 Å². The first kappa shape index (κ1) is 17.9. The second kappa shape index (κ2) is 6.29. The van der Waals surface area contributed by atoms with E-state index in [0.29, 0.717) is 12.1 Å². The Labute approximate surface area is 160 Å². The van der Waals surface area contributed by atoms with E-state index in [0.717, 1.165) is 41.0 Å². The summed E-state index contributed by atoms with van der Waals surface area (Å²) in [5, 5.41) is 4.53. The maximum Gasteiger partial charge on any atom is 0.261 e. The van der Waals surface area contributed by atoms with E-state index in [4.69, 9.17) is 10.5 Å². The fourth-order valence-corrected chi connectivity index (χ4v) is 3.64. The predicted octanol–water partition coefficient (Wildman–Crippen LogP) is 3.30. The van der Waals surface area contributed by atoms with Crippen LogP contribution in [-0.2, 0) is 11.2 Å². The molecule has 1 aromatic heterocycles. The van der Waals surface area contributed by atoms with Crippen LogP contribution < -0.4 is 15.4 Å². The van der Waals surface area contributed by atoms with Crippen molar-refractivity contribution in [2.75, 3.05) is 11.9 Å². The van der Waals surface area contributed by atoms with Crippen LogP contribution >= 0.6 is 0 Å². The first-order valence-corrected chi connectivity index (χ1v) is 9.70. The number of hydrogen-bond donors (Lipinski definition) is 1. The zero-order valence-corrected chi connectivity index (χ0v) is 16.5. The average Bonchev–Trinajstić information content (AvgIpc) is 3.36. The summed E-state index contributed by atoms with van der Waals surface area (Å²) in [4.78, 5) is 14.2. The maximum atomic E-state index is 11.9. The van der Waals surface area contributed by atoms with Gasteiger partial charge in [0.25, 0.3) is 5.91 Å². The zero-order valence-electron chi connectivity index (χ0n) is 16.5. The Morgan fingerprint density at radius 3 is 2.70 bits per heavy atom. The Kier molecular flexibility index (Phi) is 4.17. The molecule has 1 aliphatic carbocycles. The summed E-state index contributed by atoms with van der Waals surface area (Å²) in [7, 11) is 2.11. The number of benzene rings is 1. The molecule has 1 amide bonds. The quantitative estimate of drug-likeness (QED) is 0.879. The van der Waals surface area contributed by atoms with Crippen molar-refractivity contribution in [3.8, 4) is 16.9 Å². The molecule has 1 saturated carbocycles. The number of carbonyl (C=O) groups is 1. The number of carbonyl (C=O) groups excluding carboxylic acids is 1. The van der Waals surface area contributed by atoms with E-state index in [-0.39, 0.29) is 0 Å². The number of rotatable bonds is 5. The first-order valence-electron chi connectivity index (χ1n) is 9.70. The van der Waals surface area contributed by atoms with E-state index in [2.05, 4.69) is 42.3 Å². The van der Waals surface area contributed by atoms with E-state index < -0.39 is 11.5 Å². The Morgan fingerprint density at radius 2 is 2.04 bits per heavy atom. The van der Waals surface area contributed by atoms with Crippen molar-refractivity contribution in [2.45, 2.75) is 64.1 Å². The summed E-state index contributed by atoms with van der Waals surface area (Å²) in [5.74, 6) is 0.280. The van der Waals surface area contributed by atoms with Crippen molar-refractivity contribution in [3.63, 3.8) is 0 Å². The summed E-state index contributed by atoms with van der Waals surface area (Å²) in [6.07, 6.45) is 8.30. The predicted molar refractivity (Wildman–Crippen MR) is 106 cm³/mol. The average molecular weight is 368 g/mol. The highest BCUT2D eigenvalue weighted by Gasteiger charge is 2.33. The molecule has 2 aromatic rings. The number of aromatic nitrogens is 2. The van der Waals surface area contributed by atoms with Gasteiger partial charge in [-0.3, -0.25) is 9.48 Å². The van der Waals surface area contributed by atoms with Crippen molar-refractivity contribution in [1.29, 1.82) is 0 Å². The number of primary amides is 1. The zero-order chi connectivity index (χ0) is 19.3. The number of nitrogens with zero attached hydrogens (tertiary/aromatic N) is 3. The van der Waals surface area contributed by atoms with Crippen LogP contribution in [0.5, 0.6) is 5.75 Å². The van der Waals surface area contributed by atoms with Gasteiger partial charge in [0.1, 0.15) is 5.75 Å². The van der Waals surface area contributed by atoms with Gasteiger partial charge >= 0.3 is 0 Å². The molecule has 1 fully saturated rings. The second-order valence-corrected chi connectivity index (χ2v) is 8.36. The van der Waals surface area contributed by atoms with Crippen LogP contribution in [0.15, 0.2) is 24.5 Å². The normalized spacial score (nSPS) is 19.7. The van der Waals surface area contributed by atoms with Gasteiger partial charge in [0.15, 0.2) is 5.60 Å². The van der Waals surface area contributed by atoms with Crippen LogP contribution in [0.1, 0.15) is 51.6 Å². The summed E-state index contributed by atoms with van der Waals surface area (Å²) in [5.41, 5.74) is 8.79. The maximum absolute atomic E-state index is 11.9. The van der Waals surface area contributed by atoms with E-state index in [9.17, 15) is 4.79 Å². The summed E-state index contributed by atoms with van der Waals surface area (Å²) >= 11 is 0. The number of nitrogens with two attached hydrogens (primary N) is 1. The van der Waals surface area contributed by atoms with Gasteiger partial charge in [-0.05, 0) is 58.6 Å². The van der Waals surface area contributed by atoms with Crippen LogP contribution in [0.3, 0.4) is 0 Å². The fourth-order valence-electron chi connectivity index (χ4n) is 3.64. The number of fused-ring (bicyclic) bond motifs is 1. The highest BCUT2D eigenvalue weighted by atomic mass is 16.5. The molecule has 1 aliphatic heterocycles. The molecular formula is C21H28N4O2. The number of ether oxygens (including phenoxy) is 1. The lowest BCUT2D eigenvalue weighted by Gasteiger charge is -2.36. The topological polar surface area (TPSA) is 73.4 Å². The molecule has 1 aromatic carbocycles. The largest absolute Gasteiger partial charge is 0.477 e. The van der Waals surface area contributed by atoms with Gasteiger partial charge < -0.3 is 15.4 Å². The van der Waals surface area contributed by atoms with Gasteiger partial charge in [0.05, 0.1) is 12.2 Å². The summed E-state index contributed by atoms with van der Waals surface area (Å²) < 4.78 is 8.31. The number of hydrogen-bond acceptors (Lipinski definition) is 4. The summed E-state index contributed by atoms with van der Waals surface area (Å²) in [6, 6.07) is 5.22. The standard InChI is InChI=1S/C21H28N4O2/c1-13-5-8-17-18(24(13)4)10-9-16(19(17)27-21(2,3)20(22)26)14-11-23-25(12-14)15-6-7-15/h9-13,15H,5-8H2,1-4H3,(H2,22,26). The number of anilines is 1. The molecule has 2 N–H and O–H groups in total. The minimum Gasteiger partial charge on any atom is -0.477 e. The third-order valence-electron chi connectivity index (χ3n) is 5.87. The fraction of sp³-hybridized carbons (Fsp3) is 0.524. The SMILES string of the molecule is CC1CCc2c(ccc(-c3cnn(C4CC4)c3)c2OC(C)(C)C(N)=O)N1C. The molecule has 1 atom stereocenters. The Balaban J connectivity index is 1.83. The van der Waals surface area contributed by atoms with Gasteiger partial charge in [0.2, 0.25) is 0 Å². The van der Waals surface area contributed by atoms with Crippen LogP contribution in [0.2, 0.25) is 0 Å². The van der Waals surface area contributed by atoms with E-state index in [1.54, 1.807) is 13.8 Å². The van der Waals surface area contributed by atoms with Gasteiger partial charge in [0, 0.05) is 41.7 Å². The van der Waals surface area contributed by atoms with Gasteiger partial charge in [-0.25, -0.2) is 0 Å². The third-order valence-corrected chi connectivity index (χ3v) is 5.87. The lowest BCUT2D eigenvalue weighted by atomic mass is 9.92. The van der Waals surface area contributed by atoms with Crippen LogP contribution in [-0.4, -0.2) is 34.4 Å². The van der Waals surface area contributed by atoms with Crippen LogP contribution in [0, 0.1) is 0 Å². The van der Waals surface area contributed by atoms with E-state index in [1.807, 2.05) is 10.9 Å². The molecule has 27 heavy (non-hydrogen) atoms. The van der Waals surface area contributed by atoms with Crippen molar-refractivity contribution in [3.05, 3.63) is 30.1 Å². The molecule has 0 spiro atoms. The molecule has 2 heterocycles. The van der Waals surface area contributed by atoms with Crippen LogP contribution in [0.25, 0.3) is 11.1 Å². The van der Waals surface area contributed by atoms with Gasteiger partial charge in [-0.2, -0.15) is 5.10 Å². The second-order valence-electron chi connectivity index (χ2n) is 8.36. The Hall–Kier alpha value is -2.50. The highest BCUT2D eigenvalue weighted by Crippen LogP contribution is 2.44. The summed E-state index contributed by atoms with van der Waals surface area (Å²) in [6.45, 7) is 5.67. The Morgan fingerprint density at radius 1 is 1.30 bits per heavy atom. The van der Waals surface area contributed by atoms with Crippen LogP contribution in [0.4, 0.5) is 5.69 Å². The lowest BCUT2D eigenvalue weighted by molar-refractivity contribution is -0.130. The van der Waals surface area contributed by atoms with E-state index >= 15 is 0 Å². The highest BCUT2D eigenvalue weighted by molar-refractivity contribution is 5.84. The molecule has 2 aliphatic rings. The molecule has 1 unspecified atom stereocenters. The minimum absolute atomic E-state index is 0.470. The molecule has 6 nitrogen and oxygen atoms in total. The lowest BCUT2D eigenvalue weighted by Crippen LogP contribution is -2.44. The van der Waals surface area contributed by atoms with Crippen molar-refractivity contribution in [1.82, 2.24) is 9.78 Å². The molecule has 0 saturated heterocycles. The molecule has 0 radical (unpaired) electrons. The van der Waals surface area contributed by atoms with Gasteiger partial charge in [-0.15, -0.1) is 0 Å². The molecular weight excluding hydrogens is 340 g/mol. The van der Waals surface area contributed by atoms with Crippen molar-refractivity contribution < 1.29 is 9.53 Å². The smallest absolute Gasteiger partial charge is 0.261 e. The molecule has 0 bridgehead atoms. The molecule has 144 valence electrons. The monoisotopic (exact) mass is 368 g/mol. The first-order chi connectivity index (χ1) is 12.8. The minimum atomic E-state index is -1.09. The Bertz CT molecular complexity index is 882. The van der Waals surface area contributed by atoms with Crippen molar-refractivity contribution >= 4 is 11.6 Å².